The Labute approximate surface area is 150 Å². The van der Waals surface area contributed by atoms with Crippen molar-refractivity contribution in [1.29, 1.82) is 0 Å². The van der Waals surface area contributed by atoms with Gasteiger partial charge >= 0.3 is 0 Å². The van der Waals surface area contributed by atoms with Crippen molar-refractivity contribution in [3.63, 3.8) is 0 Å². The molecule has 0 fully saturated rings. The molecule has 0 saturated heterocycles. The number of amides is 1. The van der Waals surface area contributed by atoms with Crippen LogP contribution in [-0.2, 0) is 4.79 Å². The number of thioether (sulfide) groups is 1. The van der Waals surface area contributed by atoms with Crippen LogP contribution in [-0.4, -0.2) is 24.7 Å². The van der Waals surface area contributed by atoms with Crippen LogP contribution in [0.4, 0.5) is 0 Å². The molecular weight excluding hydrogens is 372 g/mol. The maximum atomic E-state index is 11.9. The minimum absolute atomic E-state index is 0.0872. The topological polar surface area (TPSA) is 45.7 Å². The Hall–Kier alpha value is -1.30. The van der Waals surface area contributed by atoms with Crippen molar-refractivity contribution in [3.8, 4) is 0 Å². The van der Waals surface area contributed by atoms with Crippen molar-refractivity contribution >= 4 is 33.6 Å². The quantitative estimate of drug-likeness (QED) is 0.534. The van der Waals surface area contributed by atoms with E-state index in [0.29, 0.717) is 19.1 Å². The SMILES string of the molecule is C[C@@H]([NH2+]CC(=O)NCCSc1ccc(Br)cc1)c1ccccc1. The van der Waals surface area contributed by atoms with Gasteiger partial charge in [0.25, 0.3) is 5.91 Å². The summed E-state index contributed by atoms with van der Waals surface area (Å²) in [6.45, 7) is 3.26. The summed E-state index contributed by atoms with van der Waals surface area (Å²) in [4.78, 5) is 13.1. The fraction of sp³-hybridized carbons (Fsp3) is 0.278. The number of halogens is 1. The van der Waals surface area contributed by atoms with Gasteiger partial charge in [0.2, 0.25) is 0 Å². The molecule has 0 spiro atoms. The third-order valence-corrected chi connectivity index (χ3v) is 5.03. The molecule has 0 aliphatic rings. The molecule has 0 saturated carbocycles. The lowest BCUT2D eigenvalue weighted by molar-refractivity contribution is -0.682. The van der Waals surface area contributed by atoms with Crippen LogP contribution in [0.3, 0.4) is 0 Å². The molecule has 1 amide bonds. The predicted octanol–water partition coefficient (Wildman–Crippen LogP) is 2.98. The van der Waals surface area contributed by atoms with Crippen molar-refractivity contribution in [2.45, 2.75) is 17.9 Å². The smallest absolute Gasteiger partial charge is 0.275 e. The first-order valence-corrected chi connectivity index (χ1v) is 9.46. The Morgan fingerprint density at radius 1 is 1.17 bits per heavy atom. The minimum Gasteiger partial charge on any atom is -0.350 e. The average molecular weight is 394 g/mol. The summed E-state index contributed by atoms with van der Waals surface area (Å²) < 4.78 is 1.08. The van der Waals surface area contributed by atoms with E-state index in [-0.39, 0.29) is 5.91 Å². The van der Waals surface area contributed by atoms with Crippen LogP contribution in [0.5, 0.6) is 0 Å². The number of carbonyl (C=O) groups excluding carboxylic acids is 1. The summed E-state index contributed by atoms with van der Waals surface area (Å²) in [5.41, 5.74) is 1.24. The zero-order valence-electron chi connectivity index (χ0n) is 13.2. The summed E-state index contributed by atoms with van der Waals surface area (Å²) in [6.07, 6.45) is 0. The lowest BCUT2D eigenvalue weighted by Gasteiger charge is -2.11. The predicted molar refractivity (Wildman–Crippen MR) is 99.5 cm³/mol. The summed E-state index contributed by atoms with van der Waals surface area (Å²) in [5, 5.41) is 5.03. The van der Waals surface area contributed by atoms with Crippen molar-refractivity contribution in [1.82, 2.24) is 5.32 Å². The number of hydrogen-bond donors (Lipinski definition) is 2. The van der Waals surface area contributed by atoms with Crippen LogP contribution in [0.1, 0.15) is 18.5 Å². The van der Waals surface area contributed by atoms with Gasteiger partial charge in [-0.3, -0.25) is 4.79 Å². The van der Waals surface area contributed by atoms with E-state index in [9.17, 15) is 4.79 Å². The lowest BCUT2D eigenvalue weighted by Crippen LogP contribution is -2.87. The van der Waals surface area contributed by atoms with Gasteiger partial charge in [-0.05, 0) is 31.2 Å². The molecule has 0 aliphatic carbocycles. The second-order valence-electron chi connectivity index (χ2n) is 5.29. The molecule has 122 valence electrons. The van der Waals surface area contributed by atoms with Gasteiger partial charge in [-0.1, -0.05) is 46.3 Å². The second kappa shape index (κ2) is 9.75. The summed E-state index contributed by atoms with van der Waals surface area (Å²) in [6, 6.07) is 18.7. The molecule has 0 unspecified atom stereocenters. The first-order valence-electron chi connectivity index (χ1n) is 7.68. The summed E-state index contributed by atoms with van der Waals surface area (Å²) in [7, 11) is 0. The van der Waals surface area contributed by atoms with Crippen LogP contribution < -0.4 is 10.6 Å². The van der Waals surface area contributed by atoms with E-state index in [1.54, 1.807) is 11.8 Å². The molecule has 2 aromatic carbocycles. The lowest BCUT2D eigenvalue weighted by atomic mass is 10.1. The van der Waals surface area contributed by atoms with Crippen molar-refractivity contribution in [3.05, 3.63) is 64.6 Å². The largest absolute Gasteiger partial charge is 0.350 e. The molecule has 0 aliphatic heterocycles. The molecule has 3 nitrogen and oxygen atoms in total. The van der Waals surface area contributed by atoms with Crippen LogP contribution in [0, 0.1) is 0 Å². The fourth-order valence-corrected chi connectivity index (χ4v) is 3.17. The van der Waals surface area contributed by atoms with Gasteiger partial charge in [-0.2, -0.15) is 0 Å². The standard InChI is InChI=1S/C18H21BrN2OS/c1-14(15-5-3-2-4-6-15)21-13-18(22)20-11-12-23-17-9-7-16(19)8-10-17/h2-10,14,21H,11-13H2,1H3,(H,20,22)/p+1/t14-/m1/s1. The second-order valence-corrected chi connectivity index (χ2v) is 7.38. The van der Waals surface area contributed by atoms with Crippen LogP contribution in [0.15, 0.2) is 64.0 Å². The van der Waals surface area contributed by atoms with Crippen molar-refractivity contribution in [2.24, 2.45) is 0 Å². The van der Waals surface area contributed by atoms with Crippen LogP contribution in [0.25, 0.3) is 0 Å². The Bertz CT molecular complexity index is 604. The highest BCUT2D eigenvalue weighted by molar-refractivity contribution is 9.10. The van der Waals surface area contributed by atoms with E-state index in [2.05, 4.69) is 57.8 Å². The molecule has 0 aromatic heterocycles. The number of quaternary nitrogens is 1. The van der Waals surface area contributed by atoms with Gasteiger partial charge in [0.15, 0.2) is 6.54 Å². The molecule has 0 radical (unpaired) electrons. The van der Waals surface area contributed by atoms with E-state index in [4.69, 9.17) is 0 Å². The molecule has 23 heavy (non-hydrogen) atoms. The highest BCUT2D eigenvalue weighted by Crippen LogP contribution is 2.19. The third-order valence-electron chi connectivity index (χ3n) is 3.49. The maximum Gasteiger partial charge on any atom is 0.275 e. The van der Waals surface area contributed by atoms with Crippen LogP contribution >= 0.6 is 27.7 Å². The highest BCUT2D eigenvalue weighted by Gasteiger charge is 2.10. The molecule has 2 rings (SSSR count). The zero-order valence-corrected chi connectivity index (χ0v) is 15.6. The average Bonchev–Trinajstić information content (AvgIpc) is 2.59. The van der Waals surface area contributed by atoms with E-state index in [1.807, 2.05) is 30.3 Å². The minimum atomic E-state index is 0.0872. The van der Waals surface area contributed by atoms with Gasteiger partial charge in [0.1, 0.15) is 6.04 Å². The van der Waals surface area contributed by atoms with Crippen LogP contribution in [0.2, 0.25) is 0 Å². The van der Waals surface area contributed by atoms with E-state index in [0.717, 1.165) is 10.2 Å². The Morgan fingerprint density at radius 3 is 2.57 bits per heavy atom. The highest BCUT2D eigenvalue weighted by atomic mass is 79.9. The molecular formula is C18H22BrN2OS+. The Kier molecular flexibility index (Phi) is 7.65. The van der Waals surface area contributed by atoms with Gasteiger partial charge < -0.3 is 10.6 Å². The molecule has 3 N–H and O–H groups in total. The first kappa shape index (κ1) is 18.0. The monoisotopic (exact) mass is 393 g/mol. The molecule has 1 atom stereocenters. The molecule has 5 heteroatoms. The number of nitrogens with one attached hydrogen (secondary N) is 1. The van der Waals surface area contributed by atoms with E-state index < -0.39 is 0 Å². The first-order chi connectivity index (χ1) is 11.1. The van der Waals surface area contributed by atoms with Gasteiger partial charge in [0.05, 0.1) is 0 Å². The summed E-state index contributed by atoms with van der Waals surface area (Å²) >= 11 is 5.17. The summed E-state index contributed by atoms with van der Waals surface area (Å²) in [5.74, 6) is 0.964. The maximum absolute atomic E-state index is 11.9. The van der Waals surface area contributed by atoms with Gasteiger partial charge in [-0.25, -0.2) is 0 Å². The number of rotatable bonds is 8. The third kappa shape index (κ3) is 6.77. The zero-order chi connectivity index (χ0) is 16.5. The fourth-order valence-electron chi connectivity index (χ4n) is 2.14. The molecule has 0 bridgehead atoms. The van der Waals surface area contributed by atoms with Gasteiger partial charge in [-0.15, -0.1) is 11.8 Å². The number of benzene rings is 2. The number of nitrogens with two attached hydrogens (primary N) is 1. The van der Waals surface area contributed by atoms with Crippen molar-refractivity contribution in [2.75, 3.05) is 18.8 Å². The molecule has 0 heterocycles. The van der Waals surface area contributed by atoms with Gasteiger partial charge in [0, 0.05) is 27.2 Å². The Morgan fingerprint density at radius 2 is 1.87 bits per heavy atom. The number of hydrogen-bond acceptors (Lipinski definition) is 2. The van der Waals surface area contributed by atoms with E-state index in [1.165, 1.54) is 10.5 Å². The normalized spacial score (nSPS) is 11.9. The number of carbonyl (C=O) groups is 1. The Balaban J connectivity index is 1.61. The van der Waals surface area contributed by atoms with Crippen molar-refractivity contribution < 1.29 is 10.1 Å². The van der Waals surface area contributed by atoms with E-state index >= 15 is 0 Å². The molecule has 2 aromatic rings.